The molecule has 0 atom stereocenters. The van der Waals surface area contributed by atoms with Crippen molar-refractivity contribution in [3.63, 3.8) is 0 Å². The van der Waals surface area contributed by atoms with E-state index < -0.39 is 16.7 Å². The van der Waals surface area contributed by atoms with Gasteiger partial charge in [-0.3, -0.25) is 19.7 Å². The van der Waals surface area contributed by atoms with Crippen LogP contribution in [-0.4, -0.2) is 23.8 Å². The molecule has 0 aliphatic heterocycles. The van der Waals surface area contributed by atoms with Crippen molar-refractivity contribution >= 4 is 39.8 Å². The summed E-state index contributed by atoms with van der Waals surface area (Å²) in [4.78, 5) is 35.8. The van der Waals surface area contributed by atoms with Gasteiger partial charge in [-0.2, -0.15) is 0 Å². The first-order valence-corrected chi connectivity index (χ1v) is 9.90. The van der Waals surface area contributed by atoms with Crippen LogP contribution in [0.3, 0.4) is 0 Å². The van der Waals surface area contributed by atoms with E-state index in [0.29, 0.717) is 28.3 Å². The zero-order valence-corrected chi connectivity index (χ0v) is 17.7. The van der Waals surface area contributed by atoms with Crippen LogP contribution in [0.2, 0.25) is 0 Å². The van der Waals surface area contributed by atoms with E-state index in [1.54, 1.807) is 31.2 Å². The third-order valence-electron chi connectivity index (χ3n) is 5.02. The molecule has 0 fully saturated rings. The lowest BCUT2D eigenvalue weighted by Gasteiger charge is -2.12. The predicted octanol–water partition coefficient (Wildman–Crippen LogP) is 5.16. The maximum atomic E-state index is 12.6. The molecule has 2 N–H and O–H groups in total. The first-order valence-electron chi connectivity index (χ1n) is 9.90. The molecule has 0 aliphatic rings. The summed E-state index contributed by atoms with van der Waals surface area (Å²) in [6.45, 7) is 1.60. The minimum absolute atomic E-state index is 0.135. The van der Waals surface area contributed by atoms with Crippen molar-refractivity contribution < 1.29 is 23.7 Å². The Labute approximate surface area is 188 Å². The summed E-state index contributed by atoms with van der Waals surface area (Å²) in [5.41, 5.74) is 1.85. The van der Waals surface area contributed by atoms with Crippen molar-refractivity contribution in [2.45, 2.75) is 6.92 Å². The van der Waals surface area contributed by atoms with Crippen LogP contribution in [-0.2, 0) is 0 Å². The Morgan fingerprint density at radius 1 is 0.970 bits per heavy atom. The quantitative estimate of drug-likeness (QED) is 0.312. The van der Waals surface area contributed by atoms with Gasteiger partial charge in [0.2, 0.25) is 0 Å². The SMILES string of the molecule is COc1cc(NC(=O)c2ccc(C)c([N+](=O)[O-])c2)ccc1NC(=O)c1cc2ccccc2o1. The topological polar surface area (TPSA) is 124 Å². The fourth-order valence-electron chi connectivity index (χ4n) is 3.30. The average molecular weight is 445 g/mol. The van der Waals surface area contributed by atoms with Crippen LogP contribution in [0.15, 0.2) is 71.1 Å². The number of benzene rings is 3. The van der Waals surface area contributed by atoms with E-state index in [1.165, 1.54) is 31.4 Å². The van der Waals surface area contributed by atoms with Crippen LogP contribution in [0.1, 0.15) is 26.5 Å². The van der Waals surface area contributed by atoms with Gasteiger partial charge in [-0.25, -0.2) is 0 Å². The Kier molecular flexibility index (Phi) is 5.77. The summed E-state index contributed by atoms with van der Waals surface area (Å²) in [7, 11) is 1.43. The van der Waals surface area contributed by atoms with E-state index in [0.717, 1.165) is 5.39 Å². The van der Waals surface area contributed by atoms with Gasteiger partial charge in [0.15, 0.2) is 5.76 Å². The molecule has 0 saturated heterocycles. The predicted molar refractivity (Wildman–Crippen MR) is 123 cm³/mol. The zero-order chi connectivity index (χ0) is 23.5. The van der Waals surface area contributed by atoms with E-state index in [2.05, 4.69) is 10.6 Å². The first kappa shape index (κ1) is 21.6. The molecular formula is C24H19N3O6. The number of fused-ring (bicyclic) bond motifs is 1. The number of nitro groups is 1. The molecule has 2 amide bonds. The van der Waals surface area contributed by atoms with Crippen LogP contribution >= 0.6 is 0 Å². The van der Waals surface area contributed by atoms with Crippen LogP contribution < -0.4 is 15.4 Å². The third-order valence-corrected chi connectivity index (χ3v) is 5.02. The molecule has 166 valence electrons. The molecule has 9 heteroatoms. The molecular weight excluding hydrogens is 426 g/mol. The highest BCUT2D eigenvalue weighted by atomic mass is 16.6. The smallest absolute Gasteiger partial charge is 0.291 e. The number of ether oxygens (including phenoxy) is 1. The maximum absolute atomic E-state index is 12.6. The van der Waals surface area contributed by atoms with E-state index in [-0.39, 0.29) is 17.0 Å². The van der Waals surface area contributed by atoms with Gasteiger partial charge >= 0.3 is 0 Å². The van der Waals surface area contributed by atoms with Crippen LogP contribution in [0, 0.1) is 17.0 Å². The minimum Gasteiger partial charge on any atom is -0.494 e. The Hall–Kier alpha value is -4.66. The van der Waals surface area contributed by atoms with Crippen molar-refractivity contribution in [3.05, 3.63) is 93.7 Å². The number of rotatable bonds is 6. The second-order valence-corrected chi connectivity index (χ2v) is 7.23. The lowest BCUT2D eigenvalue weighted by molar-refractivity contribution is -0.385. The number of aryl methyl sites for hydroxylation is 1. The average Bonchev–Trinajstić information content (AvgIpc) is 3.24. The highest BCUT2D eigenvalue weighted by Crippen LogP contribution is 2.30. The number of nitro benzene ring substituents is 1. The second-order valence-electron chi connectivity index (χ2n) is 7.23. The Bertz CT molecular complexity index is 1360. The Balaban J connectivity index is 1.52. The van der Waals surface area contributed by atoms with Gasteiger partial charge in [-0.05, 0) is 37.3 Å². The number of hydrogen-bond acceptors (Lipinski definition) is 6. The number of hydrogen-bond donors (Lipinski definition) is 2. The summed E-state index contributed by atoms with van der Waals surface area (Å²) in [5, 5.41) is 17.4. The molecule has 9 nitrogen and oxygen atoms in total. The molecule has 0 radical (unpaired) electrons. The van der Waals surface area contributed by atoms with Crippen molar-refractivity contribution in [3.8, 4) is 5.75 Å². The number of anilines is 2. The van der Waals surface area contributed by atoms with E-state index in [1.807, 2.05) is 18.2 Å². The van der Waals surface area contributed by atoms with E-state index in [4.69, 9.17) is 9.15 Å². The van der Waals surface area contributed by atoms with Gasteiger partial charge in [0.1, 0.15) is 11.3 Å². The Morgan fingerprint density at radius 2 is 1.76 bits per heavy atom. The second kappa shape index (κ2) is 8.83. The number of nitrogens with one attached hydrogen (secondary N) is 2. The summed E-state index contributed by atoms with van der Waals surface area (Å²) >= 11 is 0. The van der Waals surface area contributed by atoms with Gasteiger partial charge in [0, 0.05) is 34.3 Å². The molecule has 0 unspecified atom stereocenters. The normalized spacial score (nSPS) is 10.6. The van der Waals surface area contributed by atoms with Gasteiger partial charge in [-0.15, -0.1) is 0 Å². The highest BCUT2D eigenvalue weighted by Gasteiger charge is 2.17. The lowest BCUT2D eigenvalue weighted by atomic mass is 10.1. The number of carbonyl (C=O) groups is 2. The van der Waals surface area contributed by atoms with E-state index in [9.17, 15) is 19.7 Å². The molecule has 1 heterocycles. The summed E-state index contributed by atoms with van der Waals surface area (Å²) in [6.07, 6.45) is 0. The molecule has 3 aromatic carbocycles. The fourth-order valence-corrected chi connectivity index (χ4v) is 3.30. The summed E-state index contributed by atoms with van der Waals surface area (Å²) in [6, 6.07) is 17.9. The maximum Gasteiger partial charge on any atom is 0.291 e. The standard InChI is InChI=1S/C24H19N3O6/c1-14-7-8-16(11-19(14)27(30)31)23(28)25-17-9-10-18(21(13-17)32-2)26-24(29)22-12-15-5-3-4-6-20(15)33-22/h3-13H,1-2H3,(H,25,28)(H,26,29). The van der Waals surface area contributed by atoms with Crippen molar-refractivity contribution in [2.75, 3.05) is 17.7 Å². The van der Waals surface area contributed by atoms with Crippen molar-refractivity contribution in [1.82, 2.24) is 0 Å². The number of nitrogens with zero attached hydrogens (tertiary/aromatic N) is 1. The molecule has 33 heavy (non-hydrogen) atoms. The summed E-state index contributed by atoms with van der Waals surface area (Å²) in [5.74, 6) is -0.504. The molecule has 1 aromatic heterocycles. The molecule has 0 bridgehead atoms. The highest BCUT2D eigenvalue weighted by molar-refractivity contribution is 6.07. The molecule has 0 spiro atoms. The number of methoxy groups -OCH3 is 1. The number of para-hydroxylation sites is 1. The minimum atomic E-state index is -0.533. The molecule has 0 aliphatic carbocycles. The van der Waals surface area contributed by atoms with E-state index >= 15 is 0 Å². The largest absolute Gasteiger partial charge is 0.494 e. The number of carbonyl (C=O) groups excluding carboxylic acids is 2. The zero-order valence-electron chi connectivity index (χ0n) is 17.7. The first-order chi connectivity index (χ1) is 15.9. The summed E-state index contributed by atoms with van der Waals surface area (Å²) < 4.78 is 10.9. The van der Waals surface area contributed by atoms with Gasteiger partial charge in [0.05, 0.1) is 17.7 Å². The van der Waals surface area contributed by atoms with Crippen molar-refractivity contribution in [1.29, 1.82) is 0 Å². The third kappa shape index (κ3) is 4.52. The fraction of sp³-hybridized carbons (Fsp3) is 0.0833. The Morgan fingerprint density at radius 3 is 2.48 bits per heavy atom. The lowest BCUT2D eigenvalue weighted by Crippen LogP contribution is -2.14. The molecule has 0 saturated carbocycles. The van der Waals surface area contributed by atoms with Crippen molar-refractivity contribution in [2.24, 2.45) is 0 Å². The van der Waals surface area contributed by atoms with Crippen LogP contribution in [0.4, 0.5) is 17.1 Å². The van der Waals surface area contributed by atoms with Crippen LogP contribution in [0.25, 0.3) is 11.0 Å². The van der Waals surface area contributed by atoms with Crippen LogP contribution in [0.5, 0.6) is 5.75 Å². The van der Waals surface area contributed by atoms with Gasteiger partial charge in [0.25, 0.3) is 17.5 Å². The number of amides is 2. The number of furan rings is 1. The molecule has 4 aromatic rings. The van der Waals surface area contributed by atoms with Gasteiger partial charge < -0.3 is 19.8 Å². The monoisotopic (exact) mass is 445 g/mol. The van der Waals surface area contributed by atoms with Gasteiger partial charge in [-0.1, -0.05) is 24.3 Å². The molecule has 4 rings (SSSR count).